The highest BCUT2D eigenvalue weighted by Crippen LogP contribution is 2.12. The molecule has 0 amide bonds. The summed E-state index contributed by atoms with van der Waals surface area (Å²) >= 11 is 0. The van der Waals surface area contributed by atoms with Gasteiger partial charge in [-0.05, 0) is 12.1 Å². The monoisotopic (exact) mass is 170 g/mol. The van der Waals surface area contributed by atoms with Gasteiger partial charge in [0.1, 0.15) is 0 Å². The van der Waals surface area contributed by atoms with Crippen molar-refractivity contribution in [1.82, 2.24) is 9.61 Å². The van der Waals surface area contributed by atoms with E-state index in [1.54, 1.807) is 22.8 Å². The fourth-order valence-corrected chi connectivity index (χ4v) is 1.27. The van der Waals surface area contributed by atoms with Crippen molar-refractivity contribution in [3.63, 3.8) is 0 Å². The van der Waals surface area contributed by atoms with Gasteiger partial charge in [-0.3, -0.25) is 4.79 Å². The van der Waals surface area contributed by atoms with Crippen molar-refractivity contribution >= 4 is 11.8 Å². The Kier molecular flexibility index (Phi) is 1.60. The first-order chi connectivity index (χ1) is 6.36. The molecule has 3 heteroatoms. The van der Waals surface area contributed by atoms with Crippen LogP contribution < -0.4 is 0 Å². The molecule has 0 atom stereocenters. The maximum atomic E-state index is 10.6. The van der Waals surface area contributed by atoms with Crippen LogP contribution in [0.3, 0.4) is 0 Å². The molecule has 0 fully saturated rings. The number of rotatable bonds is 1. The summed E-state index contributed by atoms with van der Waals surface area (Å²) in [5.41, 5.74) is 1.90. The fourth-order valence-electron chi connectivity index (χ4n) is 1.27. The molecular weight excluding hydrogens is 164 g/mol. The lowest BCUT2D eigenvalue weighted by molar-refractivity contribution is 0.112. The Labute approximate surface area is 75.0 Å². The molecule has 0 saturated carbocycles. The van der Waals surface area contributed by atoms with Gasteiger partial charge in [0.25, 0.3) is 0 Å². The molecule has 0 bridgehead atoms. The third-order valence-corrected chi connectivity index (χ3v) is 1.85. The van der Waals surface area contributed by atoms with Crippen LogP contribution in [-0.2, 0) is 0 Å². The highest BCUT2D eigenvalue weighted by Gasteiger charge is 2.05. The molecule has 0 radical (unpaired) electrons. The number of terminal acetylenes is 1. The molecule has 0 aliphatic heterocycles. The molecule has 2 heterocycles. The minimum absolute atomic E-state index is 0.522. The molecule has 13 heavy (non-hydrogen) atoms. The van der Waals surface area contributed by atoms with Gasteiger partial charge in [-0.15, -0.1) is 6.42 Å². The van der Waals surface area contributed by atoms with Crippen molar-refractivity contribution < 1.29 is 4.79 Å². The summed E-state index contributed by atoms with van der Waals surface area (Å²) in [5.74, 6) is 2.51. The van der Waals surface area contributed by atoms with Crippen molar-refractivity contribution in [2.24, 2.45) is 0 Å². The van der Waals surface area contributed by atoms with E-state index >= 15 is 0 Å². The Bertz CT molecular complexity index is 505. The van der Waals surface area contributed by atoms with E-state index in [9.17, 15) is 4.79 Å². The molecule has 0 N–H and O–H groups in total. The number of nitrogens with zero attached hydrogens (tertiary/aromatic N) is 2. The van der Waals surface area contributed by atoms with Gasteiger partial charge in [0.2, 0.25) is 0 Å². The second kappa shape index (κ2) is 2.76. The summed E-state index contributed by atoms with van der Waals surface area (Å²) < 4.78 is 1.60. The quantitative estimate of drug-likeness (QED) is 0.475. The normalized spacial score (nSPS) is 9.77. The minimum Gasteiger partial charge on any atom is -0.298 e. The second-order valence-electron chi connectivity index (χ2n) is 2.58. The van der Waals surface area contributed by atoms with Gasteiger partial charge in [0.05, 0.1) is 22.8 Å². The number of aldehydes is 1. The molecule has 0 saturated heterocycles. The molecule has 2 rings (SSSR count). The predicted octanol–water partition coefficient (Wildman–Crippen LogP) is 1.13. The number of hydrogen-bond donors (Lipinski definition) is 0. The van der Waals surface area contributed by atoms with Crippen LogP contribution in [0.2, 0.25) is 0 Å². The summed E-state index contributed by atoms with van der Waals surface area (Å²) in [6, 6.07) is 3.58. The molecule has 0 unspecified atom stereocenters. The number of hydrogen-bond acceptors (Lipinski definition) is 2. The van der Waals surface area contributed by atoms with Gasteiger partial charge in [-0.1, -0.05) is 5.92 Å². The van der Waals surface area contributed by atoms with E-state index in [2.05, 4.69) is 11.0 Å². The van der Waals surface area contributed by atoms with Gasteiger partial charge >= 0.3 is 0 Å². The number of aromatic nitrogens is 2. The Morgan fingerprint density at radius 1 is 1.62 bits per heavy atom. The largest absolute Gasteiger partial charge is 0.298 e. The summed E-state index contributed by atoms with van der Waals surface area (Å²) in [4.78, 5) is 10.6. The van der Waals surface area contributed by atoms with E-state index in [-0.39, 0.29) is 0 Å². The number of fused-ring (bicyclic) bond motifs is 1. The summed E-state index contributed by atoms with van der Waals surface area (Å²) in [5, 5.41) is 3.99. The molecule has 0 aromatic carbocycles. The average Bonchev–Trinajstić information content (AvgIpc) is 2.60. The van der Waals surface area contributed by atoms with Crippen molar-refractivity contribution in [2.75, 3.05) is 0 Å². The molecule has 0 spiro atoms. The molecule has 62 valence electrons. The summed E-state index contributed by atoms with van der Waals surface area (Å²) in [6.45, 7) is 0. The van der Waals surface area contributed by atoms with Crippen molar-refractivity contribution in [1.29, 1.82) is 0 Å². The van der Waals surface area contributed by atoms with Gasteiger partial charge in [0, 0.05) is 6.20 Å². The van der Waals surface area contributed by atoms with E-state index in [1.165, 1.54) is 6.20 Å². The van der Waals surface area contributed by atoms with E-state index in [1.807, 2.05) is 0 Å². The maximum Gasteiger partial charge on any atom is 0.153 e. The molecule has 2 aromatic rings. The second-order valence-corrected chi connectivity index (χ2v) is 2.58. The Morgan fingerprint density at radius 2 is 2.46 bits per heavy atom. The number of pyridine rings is 1. The first-order valence-corrected chi connectivity index (χ1v) is 3.75. The highest BCUT2D eigenvalue weighted by molar-refractivity contribution is 5.88. The van der Waals surface area contributed by atoms with E-state index in [0.717, 1.165) is 6.29 Å². The van der Waals surface area contributed by atoms with Crippen LogP contribution in [0.1, 0.15) is 15.9 Å². The van der Waals surface area contributed by atoms with E-state index in [4.69, 9.17) is 6.42 Å². The molecule has 2 aromatic heterocycles. The van der Waals surface area contributed by atoms with Crippen LogP contribution in [0.4, 0.5) is 0 Å². The molecule has 0 aliphatic rings. The van der Waals surface area contributed by atoms with Crippen molar-refractivity contribution in [3.05, 3.63) is 35.7 Å². The molecule has 3 nitrogen and oxygen atoms in total. The van der Waals surface area contributed by atoms with Crippen LogP contribution in [-0.4, -0.2) is 15.9 Å². The van der Waals surface area contributed by atoms with Crippen LogP contribution in [0.25, 0.3) is 5.52 Å². The maximum absolute atomic E-state index is 10.6. The lowest BCUT2D eigenvalue weighted by Gasteiger charge is -1.95. The smallest absolute Gasteiger partial charge is 0.153 e. The number of carbonyl (C=O) groups excluding carboxylic acids is 1. The Balaban J connectivity index is 2.93. The van der Waals surface area contributed by atoms with Crippen molar-refractivity contribution in [2.45, 2.75) is 0 Å². The van der Waals surface area contributed by atoms with Crippen LogP contribution in [0.5, 0.6) is 0 Å². The fraction of sp³-hybridized carbons (Fsp3) is 0. The van der Waals surface area contributed by atoms with E-state index in [0.29, 0.717) is 16.6 Å². The lowest BCUT2D eigenvalue weighted by atomic mass is 10.2. The van der Waals surface area contributed by atoms with Crippen LogP contribution >= 0.6 is 0 Å². The molecule has 0 aliphatic carbocycles. The van der Waals surface area contributed by atoms with Gasteiger partial charge in [-0.25, -0.2) is 4.52 Å². The first kappa shape index (κ1) is 7.56. The number of carbonyl (C=O) groups is 1. The zero-order valence-electron chi connectivity index (χ0n) is 6.77. The van der Waals surface area contributed by atoms with Crippen LogP contribution in [0.15, 0.2) is 24.5 Å². The highest BCUT2D eigenvalue weighted by atomic mass is 16.1. The third kappa shape index (κ3) is 1.00. The zero-order chi connectivity index (χ0) is 9.26. The lowest BCUT2D eigenvalue weighted by Crippen LogP contribution is -1.89. The SMILES string of the molecule is C#Cc1cccn2ncc(C=O)c12. The Hall–Kier alpha value is -2.08. The van der Waals surface area contributed by atoms with Crippen molar-refractivity contribution in [3.8, 4) is 12.3 Å². The van der Waals surface area contributed by atoms with Crippen LogP contribution in [0, 0.1) is 12.3 Å². The predicted molar refractivity (Wildman–Crippen MR) is 48.5 cm³/mol. The van der Waals surface area contributed by atoms with Gasteiger partial charge < -0.3 is 0 Å². The standard InChI is InChI=1S/C10H6N2O/c1-2-8-4-3-5-12-10(8)9(7-13)6-11-12/h1,3-7H. The van der Waals surface area contributed by atoms with Gasteiger partial charge in [-0.2, -0.15) is 5.10 Å². The first-order valence-electron chi connectivity index (χ1n) is 3.75. The summed E-state index contributed by atoms with van der Waals surface area (Å²) in [7, 11) is 0. The van der Waals surface area contributed by atoms with Gasteiger partial charge in [0.15, 0.2) is 6.29 Å². The van der Waals surface area contributed by atoms with E-state index < -0.39 is 0 Å². The Morgan fingerprint density at radius 3 is 3.15 bits per heavy atom. The molecular formula is C10H6N2O. The topological polar surface area (TPSA) is 34.4 Å². The third-order valence-electron chi connectivity index (χ3n) is 1.85. The minimum atomic E-state index is 0.522. The average molecular weight is 170 g/mol. The zero-order valence-corrected chi connectivity index (χ0v) is 6.77. The summed E-state index contributed by atoms with van der Waals surface area (Å²) in [6.07, 6.45) is 9.30.